The van der Waals surface area contributed by atoms with E-state index in [1.807, 2.05) is 24.3 Å². The zero-order valence-corrected chi connectivity index (χ0v) is 20.3. The van der Waals surface area contributed by atoms with Crippen LogP contribution in [0.1, 0.15) is 19.4 Å². The summed E-state index contributed by atoms with van der Waals surface area (Å²) in [5, 5.41) is 9.59. The van der Waals surface area contributed by atoms with Crippen LogP contribution in [-0.4, -0.2) is 40.7 Å². The molecule has 2 heterocycles. The Bertz CT molecular complexity index is 1330. The zero-order chi connectivity index (χ0) is 25.3. The Balaban J connectivity index is 1.46. The van der Waals surface area contributed by atoms with Crippen LogP contribution in [0.15, 0.2) is 60.9 Å². The molecular weight excluding hydrogens is 468 g/mol. The lowest BCUT2D eigenvalue weighted by Crippen LogP contribution is -2.46. The second-order valence-corrected chi connectivity index (χ2v) is 9.01. The van der Waals surface area contributed by atoms with Gasteiger partial charge in [-0.25, -0.2) is 14.5 Å². The molecule has 3 amide bonds. The maximum Gasteiger partial charge on any atom is 0.332 e. The van der Waals surface area contributed by atoms with Crippen molar-refractivity contribution in [3.8, 4) is 16.9 Å². The molecule has 0 spiro atoms. The molecule has 0 saturated carbocycles. The van der Waals surface area contributed by atoms with Gasteiger partial charge in [0.15, 0.2) is 0 Å². The van der Waals surface area contributed by atoms with Gasteiger partial charge in [0.05, 0.1) is 23.8 Å². The summed E-state index contributed by atoms with van der Waals surface area (Å²) in [6, 6.07) is 13.7. The number of carbonyl (C=O) groups excluding carboxylic acids is 2. The lowest BCUT2D eigenvalue weighted by molar-refractivity contribution is -0.904. The fourth-order valence-corrected chi connectivity index (χ4v) is 4.22. The van der Waals surface area contributed by atoms with Gasteiger partial charge in [-0.1, -0.05) is 29.8 Å². The van der Waals surface area contributed by atoms with Gasteiger partial charge in [-0.05, 0) is 55.7 Å². The zero-order valence-electron chi connectivity index (χ0n) is 19.5. The lowest BCUT2D eigenvalue weighted by Gasteiger charge is -2.27. The minimum absolute atomic E-state index is 0.196. The number of rotatable bonds is 6. The van der Waals surface area contributed by atoms with Crippen LogP contribution in [0.5, 0.6) is 5.75 Å². The standard InChI is InChI=1S/C26H24ClN4O4/c1-17-22(10-9-21(28-4)23(17)27)31-24(32)26(2,3)30(25(31)33)15-16-35-20-7-5-18(6-8-20)19-11-13-29(34)14-12-19/h5-14,34H,15-16H2,1-3H3/q+1. The SMILES string of the molecule is [C-]#[N+]c1ccc(N2C(=O)N(CCOc3ccc(-c4cc[n+](O)cc4)cc3)C(C)(C)C2=O)c(C)c1Cl. The van der Waals surface area contributed by atoms with Gasteiger partial charge < -0.3 is 9.64 Å². The number of benzene rings is 2. The summed E-state index contributed by atoms with van der Waals surface area (Å²) >= 11 is 6.28. The molecule has 1 aliphatic rings. The monoisotopic (exact) mass is 491 g/mol. The molecule has 0 aliphatic carbocycles. The van der Waals surface area contributed by atoms with Crippen LogP contribution in [0.3, 0.4) is 0 Å². The van der Waals surface area contributed by atoms with E-state index in [-0.39, 0.29) is 29.8 Å². The van der Waals surface area contributed by atoms with E-state index in [1.54, 1.807) is 51.4 Å². The van der Waals surface area contributed by atoms with Gasteiger partial charge in [-0.3, -0.25) is 10.0 Å². The van der Waals surface area contributed by atoms with E-state index in [2.05, 4.69) is 4.85 Å². The van der Waals surface area contributed by atoms with E-state index in [9.17, 15) is 14.8 Å². The molecule has 1 fully saturated rings. The number of aromatic nitrogens is 1. The van der Waals surface area contributed by atoms with E-state index in [0.29, 0.717) is 17.0 Å². The summed E-state index contributed by atoms with van der Waals surface area (Å²) < 4.78 is 6.83. The number of hydrogen-bond acceptors (Lipinski definition) is 4. The summed E-state index contributed by atoms with van der Waals surface area (Å²) in [6.45, 7) is 12.7. The van der Waals surface area contributed by atoms with Crippen molar-refractivity contribution in [3.63, 3.8) is 0 Å². The molecule has 0 bridgehead atoms. The third kappa shape index (κ3) is 4.38. The third-order valence-electron chi connectivity index (χ3n) is 6.11. The number of hydrogen-bond donors (Lipinski definition) is 1. The summed E-state index contributed by atoms with van der Waals surface area (Å²) in [4.78, 5) is 32.4. The van der Waals surface area contributed by atoms with Crippen molar-refractivity contribution in [1.29, 1.82) is 0 Å². The Morgan fingerprint density at radius 2 is 1.69 bits per heavy atom. The second kappa shape index (κ2) is 9.28. The maximum absolute atomic E-state index is 13.3. The Morgan fingerprint density at radius 3 is 2.31 bits per heavy atom. The first kappa shape index (κ1) is 24.0. The molecule has 3 aromatic rings. The molecule has 9 heteroatoms. The molecule has 1 aromatic heterocycles. The van der Waals surface area contributed by atoms with Crippen molar-refractivity contribution in [2.45, 2.75) is 26.3 Å². The Hall–Kier alpha value is -4.09. The van der Waals surface area contributed by atoms with Gasteiger partial charge in [-0.2, -0.15) is 0 Å². The van der Waals surface area contributed by atoms with Crippen molar-refractivity contribution in [3.05, 3.63) is 82.9 Å². The van der Waals surface area contributed by atoms with Crippen LogP contribution in [0.25, 0.3) is 16.0 Å². The average Bonchev–Trinajstić information content (AvgIpc) is 3.01. The number of carbonyl (C=O) groups is 2. The van der Waals surface area contributed by atoms with Crippen molar-refractivity contribution in [2.24, 2.45) is 0 Å². The summed E-state index contributed by atoms with van der Waals surface area (Å²) in [6.07, 6.45) is 3.10. The molecule has 8 nitrogen and oxygen atoms in total. The molecule has 0 unspecified atom stereocenters. The van der Waals surface area contributed by atoms with Crippen LogP contribution < -0.4 is 14.4 Å². The number of pyridine rings is 1. The first-order chi connectivity index (χ1) is 16.6. The molecule has 178 valence electrons. The lowest BCUT2D eigenvalue weighted by atomic mass is 10.0. The van der Waals surface area contributed by atoms with Crippen molar-refractivity contribution in [2.75, 3.05) is 18.1 Å². The Morgan fingerprint density at radius 1 is 1.06 bits per heavy atom. The quantitative estimate of drug-likeness (QED) is 0.227. The number of amides is 3. The molecule has 0 radical (unpaired) electrons. The van der Waals surface area contributed by atoms with E-state index < -0.39 is 11.6 Å². The minimum atomic E-state index is -1.07. The van der Waals surface area contributed by atoms with Crippen molar-refractivity contribution < 1.29 is 24.3 Å². The highest BCUT2D eigenvalue weighted by Crippen LogP contribution is 2.39. The number of halogens is 1. The van der Waals surface area contributed by atoms with Gasteiger partial charge in [0.2, 0.25) is 18.1 Å². The highest BCUT2D eigenvalue weighted by atomic mass is 35.5. The normalized spacial score (nSPS) is 14.8. The molecule has 35 heavy (non-hydrogen) atoms. The molecule has 2 aromatic carbocycles. The predicted octanol–water partition coefficient (Wildman–Crippen LogP) is 5.02. The van der Waals surface area contributed by atoms with E-state index in [0.717, 1.165) is 20.8 Å². The fourth-order valence-electron chi connectivity index (χ4n) is 4.02. The molecule has 1 N–H and O–H groups in total. The molecule has 4 rings (SSSR count). The van der Waals surface area contributed by atoms with E-state index in [4.69, 9.17) is 22.9 Å². The second-order valence-electron chi connectivity index (χ2n) is 8.63. The summed E-state index contributed by atoms with van der Waals surface area (Å²) in [5.41, 5.74) is 1.99. The van der Waals surface area contributed by atoms with Crippen molar-refractivity contribution in [1.82, 2.24) is 4.90 Å². The topological polar surface area (TPSA) is 78.3 Å². The highest BCUT2D eigenvalue weighted by Gasteiger charge is 2.52. The van der Waals surface area contributed by atoms with Crippen LogP contribution >= 0.6 is 11.6 Å². The number of anilines is 1. The van der Waals surface area contributed by atoms with Crippen molar-refractivity contribution >= 4 is 34.9 Å². The fraction of sp³-hybridized carbons (Fsp3) is 0.231. The Labute approximate surface area is 208 Å². The van der Waals surface area contributed by atoms with Gasteiger partial charge >= 0.3 is 6.03 Å². The molecule has 0 atom stereocenters. The van der Waals surface area contributed by atoms with Crippen LogP contribution in [-0.2, 0) is 4.79 Å². The van der Waals surface area contributed by atoms with Crippen LogP contribution in [0, 0.1) is 13.5 Å². The first-order valence-electron chi connectivity index (χ1n) is 10.9. The number of ether oxygens (including phenoxy) is 1. The molecule has 1 aliphatic heterocycles. The number of nitrogens with zero attached hydrogens (tertiary/aromatic N) is 4. The summed E-state index contributed by atoms with van der Waals surface area (Å²) in [7, 11) is 0. The average molecular weight is 492 g/mol. The van der Waals surface area contributed by atoms with Gasteiger partial charge in [-0.15, -0.1) is 0 Å². The maximum atomic E-state index is 13.3. The third-order valence-corrected chi connectivity index (χ3v) is 6.58. The first-order valence-corrected chi connectivity index (χ1v) is 11.3. The largest absolute Gasteiger partial charge is 0.492 e. The predicted molar refractivity (Wildman–Crippen MR) is 131 cm³/mol. The highest BCUT2D eigenvalue weighted by molar-refractivity contribution is 6.35. The Kier molecular flexibility index (Phi) is 6.37. The number of imide groups is 1. The smallest absolute Gasteiger partial charge is 0.332 e. The van der Waals surface area contributed by atoms with Gasteiger partial charge in [0, 0.05) is 16.9 Å². The van der Waals surface area contributed by atoms with E-state index in [1.165, 1.54) is 11.0 Å². The van der Waals surface area contributed by atoms with Crippen LogP contribution in [0.2, 0.25) is 5.02 Å². The van der Waals surface area contributed by atoms with Gasteiger partial charge in [0.1, 0.15) is 17.9 Å². The summed E-state index contributed by atoms with van der Waals surface area (Å²) in [5.74, 6) is 0.264. The number of urea groups is 1. The van der Waals surface area contributed by atoms with Crippen LogP contribution in [0.4, 0.5) is 16.2 Å². The minimum Gasteiger partial charge on any atom is -0.492 e. The van der Waals surface area contributed by atoms with Gasteiger partial charge in [0.25, 0.3) is 5.91 Å². The van der Waals surface area contributed by atoms with E-state index >= 15 is 0 Å². The molecular formula is C26H24ClN4O4+. The molecule has 1 saturated heterocycles.